The van der Waals surface area contributed by atoms with Crippen LogP contribution in [0.5, 0.6) is 0 Å². The van der Waals surface area contributed by atoms with Crippen LogP contribution in [0.1, 0.15) is 20.8 Å². The molecule has 2 rings (SSSR count). The average molecular weight is 366 g/mol. The van der Waals surface area contributed by atoms with Crippen LogP contribution in [0.4, 0.5) is 23.0 Å². The van der Waals surface area contributed by atoms with Gasteiger partial charge in [0.25, 0.3) is 0 Å². The van der Waals surface area contributed by atoms with E-state index in [2.05, 4.69) is 36.5 Å². The SMILES string of the molecule is CC(C)(C)Nc1ncnc(Nc2cccc(Br)c2)c1[N+](=O)[O-]. The van der Waals surface area contributed by atoms with E-state index in [1.54, 1.807) is 6.07 Å². The second kappa shape index (κ2) is 6.27. The molecule has 0 bridgehead atoms. The molecule has 0 saturated carbocycles. The molecule has 2 aromatic rings. The first-order valence-corrected chi connectivity index (χ1v) is 7.36. The molecule has 1 aromatic carbocycles. The van der Waals surface area contributed by atoms with Crippen LogP contribution in [0, 0.1) is 10.1 Å². The molecule has 0 amide bonds. The summed E-state index contributed by atoms with van der Waals surface area (Å²) in [4.78, 5) is 18.9. The first-order valence-electron chi connectivity index (χ1n) is 6.56. The second-order valence-electron chi connectivity index (χ2n) is 5.69. The Kier molecular flexibility index (Phi) is 4.60. The summed E-state index contributed by atoms with van der Waals surface area (Å²) < 4.78 is 0.863. The predicted molar refractivity (Wildman–Crippen MR) is 89.5 cm³/mol. The fourth-order valence-electron chi connectivity index (χ4n) is 1.79. The van der Waals surface area contributed by atoms with Gasteiger partial charge < -0.3 is 10.6 Å². The molecule has 0 unspecified atom stereocenters. The number of hydrogen-bond donors (Lipinski definition) is 2. The first-order chi connectivity index (χ1) is 10.3. The van der Waals surface area contributed by atoms with E-state index in [1.165, 1.54) is 6.33 Å². The van der Waals surface area contributed by atoms with Gasteiger partial charge in [-0.1, -0.05) is 22.0 Å². The van der Waals surface area contributed by atoms with E-state index in [1.807, 2.05) is 39.0 Å². The van der Waals surface area contributed by atoms with Gasteiger partial charge in [0.1, 0.15) is 6.33 Å². The van der Waals surface area contributed by atoms with Gasteiger partial charge in [0.05, 0.1) is 4.92 Å². The van der Waals surface area contributed by atoms with Crippen molar-refractivity contribution in [2.45, 2.75) is 26.3 Å². The minimum absolute atomic E-state index is 0.143. The molecule has 1 aromatic heterocycles. The van der Waals surface area contributed by atoms with Crippen molar-refractivity contribution < 1.29 is 4.92 Å². The van der Waals surface area contributed by atoms with Gasteiger partial charge in [-0.2, -0.15) is 0 Å². The molecule has 0 aliphatic heterocycles. The highest BCUT2D eigenvalue weighted by Crippen LogP contribution is 2.32. The maximum atomic E-state index is 11.4. The van der Waals surface area contributed by atoms with Crippen LogP contribution >= 0.6 is 15.9 Å². The Morgan fingerprint density at radius 1 is 1.23 bits per heavy atom. The molecular weight excluding hydrogens is 350 g/mol. The minimum Gasteiger partial charge on any atom is -0.360 e. The summed E-state index contributed by atoms with van der Waals surface area (Å²) in [6, 6.07) is 7.30. The molecule has 0 aliphatic rings. The number of nitrogens with one attached hydrogen (secondary N) is 2. The van der Waals surface area contributed by atoms with Crippen LogP contribution in [0.25, 0.3) is 0 Å². The number of nitro groups is 1. The number of nitrogens with zero attached hydrogens (tertiary/aromatic N) is 3. The number of halogens is 1. The molecule has 0 atom stereocenters. The van der Waals surface area contributed by atoms with E-state index in [0.29, 0.717) is 5.69 Å². The maximum absolute atomic E-state index is 11.4. The quantitative estimate of drug-likeness (QED) is 0.625. The van der Waals surface area contributed by atoms with Crippen LogP contribution in [0.2, 0.25) is 0 Å². The van der Waals surface area contributed by atoms with Crippen LogP contribution in [-0.2, 0) is 0 Å². The Hall–Kier alpha value is -2.22. The number of benzene rings is 1. The van der Waals surface area contributed by atoms with Crippen molar-refractivity contribution in [3.05, 3.63) is 45.2 Å². The lowest BCUT2D eigenvalue weighted by atomic mass is 10.1. The van der Waals surface area contributed by atoms with Crippen molar-refractivity contribution in [2.75, 3.05) is 10.6 Å². The Balaban J connectivity index is 2.43. The van der Waals surface area contributed by atoms with E-state index in [9.17, 15) is 10.1 Å². The number of hydrogen-bond acceptors (Lipinski definition) is 6. The van der Waals surface area contributed by atoms with Gasteiger partial charge in [-0.3, -0.25) is 10.1 Å². The summed E-state index contributed by atoms with van der Waals surface area (Å²) in [6.45, 7) is 5.71. The Morgan fingerprint density at radius 3 is 2.50 bits per heavy atom. The highest BCUT2D eigenvalue weighted by molar-refractivity contribution is 9.10. The van der Waals surface area contributed by atoms with E-state index in [4.69, 9.17) is 0 Å². The summed E-state index contributed by atoms with van der Waals surface area (Å²) in [7, 11) is 0. The smallest absolute Gasteiger partial charge is 0.353 e. The maximum Gasteiger partial charge on any atom is 0.353 e. The van der Waals surface area contributed by atoms with Crippen molar-refractivity contribution in [1.82, 2.24) is 9.97 Å². The van der Waals surface area contributed by atoms with Gasteiger partial charge in [0, 0.05) is 15.7 Å². The van der Waals surface area contributed by atoms with Crippen LogP contribution in [-0.4, -0.2) is 20.4 Å². The molecule has 0 fully saturated rings. The largest absolute Gasteiger partial charge is 0.360 e. The molecule has 22 heavy (non-hydrogen) atoms. The third-order valence-corrected chi connectivity index (χ3v) is 3.08. The minimum atomic E-state index is -0.492. The van der Waals surface area contributed by atoms with Crippen molar-refractivity contribution >= 4 is 38.9 Å². The molecule has 0 radical (unpaired) electrons. The van der Waals surface area contributed by atoms with Gasteiger partial charge >= 0.3 is 5.69 Å². The summed E-state index contributed by atoms with van der Waals surface area (Å²) in [6.07, 6.45) is 1.29. The third kappa shape index (κ3) is 4.14. The van der Waals surface area contributed by atoms with E-state index in [-0.39, 0.29) is 22.9 Å². The molecular formula is C14H16BrN5O2. The third-order valence-electron chi connectivity index (χ3n) is 2.59. The van der Waals surface area contributed by atoms with Crippen molar-refractivity contribution in [3.63, 3.8) is 0 Å². The lowest BCUT2D eigenvalue weighted by molar-refractivity contribution is -0.383. The molecule has 0 saturated heterocycles. The van der Waals surface area contributed by atoms with Crippen molar-refractivity contribution in [2.24, 2.45) is 0 Å². The summed E-state index contributed by atoms with van der Waals surface area (Å²) in [5.41, 5.74) is 0.155. The van der Waals surface area contributed by atoms with Gasteiger partial charge in [-0.05, 0) is 39.0 Å². The summed E-state index contributed by atoms with van der Waals surface area (Å²) in [5, 5.41) is 17.4. The zero-order chi connectivity index (χ0) is 16.3. The average Bonchev–Trinajstić information content (AvgIpc) is 2.36. The Bertz CT molecular complexity index is 700. The zero-order valence-electron chi connectivity index (χ0n) is 12.4. The van der Waals surface area contributed by atoms with Gasteiger partial charge in [-0.15, -0.1) is 0 Å². The van der Waals surface area contributed by atoms with Crippen molar-refractivity contribution in [3.8, 4) is 0 Å². The van der Waals surface area contributed by atoms with E-state index in [0.717, 1.165) is 4.47 Å². The highest BCUT2D eigenvalue weighted by atomic mass is 79.9. The van der Waals surface area contributed by atoms with Gasteiger partial charge in [0.15, 0.2) is 0 Å². The first kappa shape index (κ1) is 16.2. The molecule has 2 N–H and O–H groups in total. The monoisotopic (exact) mass is 365 g/mol. The lowest BCUT2D eigenvalue weighted by Gasteiger charge is -2.21. The van der Waals surface area contributed by atoms with Gasteiger partial charge in [-0.25, -0.2) is 9.97 Å². The summed E-state index contributed by atoms with van der Waals surface area (Å²) in [5.74, 6) is 0.329. The van der Waals surface area contributed by atoms with Crippen LogP contribution in [0.3, 0.4) is 0 Å². The predicted octanol–water partition coefficient (Wildman–Crippen LogP) is 4.10. The number of anilines is 3. The molecule has 0 spiro atoms. The summed E-state index contributed by atoms with van der Waals surface area (Å²) >= 11 is 3.36. The Labute approximate surface area is 136 Å². The van der Waals surface area contributed by atoms with E-state index >= 15 is 0 Å². The van der Waals surface area contributed by atoms with Gasteiger partial charge in [0.2, 0.25) is 11.6 Å². The molecule has 0 aliphatic carbocycles. The fraction of sp³-hybridized carbons (Fsp3) is 0.286. The Morgan fingerprint density at radius 2 is 1.91 bits per heavy atom. The highest BCUT2D eigenvalue weighted by Gasteiger charge is 2.25. The molecule has 116 valence electrons. The fourth-order valence-corrected chi connectivity index (χ4v) is 2.19. The molecule has 8 heteroatoms. The lowest BCUT2D eigenvalue weighted by Crippen LogP contribution is -2.27. The molecule has 1 heterocycles. The standard InChI is InChI=1S/C14H16BrN5O2/c1-14(2,3)19-13-11(20(21)22)12(16-8-17-13)18-10-6-4-5-9(15)7-10/h4-8H,1-3H3,(H2,16,17,18,19). The van der Waals surface area contributed by atoms with Crippen LogP contribution in [0.15, 0.2) is 35.1 Å². The zero-order valence-corrected chi connectivity index (χ0v) is 14.0. The number of aromatic nitrogens is 2. The van der Waals surface area contributed by atoms with Crippen molar-refractivity contribution in [1.29, 1.82) is 0 Å². The number of rotatable bonds is 4. The topological polar surface area (TPSA) is 93.0 Å². The molecule has 7 nitrogen and oxygen atoms in total. The normalized spacial score (nSPS) is 11.1. The van der Waals surface area contributed by atoms with Crippen LogP contribution < -0.4 is 10.6 Å². The second-order valence-corrected chi connectivity index (χ2v) is 6.60. The van der Waals surface area contributed by atoms with E-state index < -0.39 is 4.92 Å².